The SMILES string of the molecule is CC(C)[C@@H](OC(=O)[C@@H](C)Oc1ccc(Cl)cc1Cl)C(=O)NC(N)=O. The number of hydrogen-bond acceptors (Lipinski definition) is 5. The van der Waals surface area contributed by atoms with E-state index >= 15 is 0 Å². The van der Waals surface area contributed by atoms with Crippen LogP contribution in [0.5, 0.6) is 5.75 Å². The third-order valence-corrected chi connectivity index (χ3v) is 3.41. The van der Waals surface area contributed by atoms with Crippen LogP contribution in [0.1, 0.15) is 20.8 Å². The first-order chi connectivity index (χ1) is 11.1. The summed E-state index contributed by atoms with van der Waals surface area (Å²) in [4.78, 5) is 34.7. The van der Waals surface area contributed by atoms with Crippen LogP contribution in [0.25, 0.3) is 0 Å². The Morgan fingerprint density at radius 3 is 2.29 bits per heavy atom. The van der Waals surface area contributed by atoms with Crippen LogP contribution in [0.2, 0.25) is 10.0 Å². The fraction of sp³-hybridized carbons (Fsp3) is 0.400. The maximum Gasteiger partial charge on any atom is 0.347 e. The van der Waals surface area contributed by atoms with E-state index in [0.717, 1.165) is 0 Å². The van der Waals surface area contributed by atoms with Gasteiger partial charge in [0, 0.05) is 5.02 Å². The van der Waals surface area contributed by atoms with E-state index in [2.05, 4.69) is 0 Å². The molecule has 2 atom stereocenters. The topological polar surface area (TPSA) is 108 Å². The third kappa shape index (κ3) is 5.90. The van der Waals surface area contributed by atoms with Crippen molar-refractivity contribution in [2.75, 3.05) is 0 Å². The van der Waals surface area contributed by atoms with Gasteiger partial charge in [0.2, 0.25) is 0 Å². The summed E-state index contributed by atoms with van der Waals surface area (Å²) in [6.45, 7) is 4.75. The maximum absolute atomic E-state index is 12.1. The molecule has 0 bridgehead atoms. The van der Waals surface area contributed by atoms with Crippen molar-refractivity contribution in [3.05, 3.63) is 28.2 Å². The van der Waals surface area contributed by atoms with Crippen LogP contribution >= 0.6 is 23.2 Å². The number of esters is 1. The van der Waals surface area contributed by atoms with Crippen molar-refractivity contribution < 1.29 is 23.9 Å². The monoisotopic (exact) mass is 376 g/mol. The van der Waals surface area contributed by atoms with Crippen LogP contribution in [0.4, 0.5) is 4.79 Å². The highest BCUT2D eigenvalue weighted by Crippen LogP contribution is 2.28. The van der Waals surface area contributed by atoms with Gasteiger partial charge >= 0.3 is 12.0 Å². The standard InChI is InChI=1S/C15H18Cl2N2O5/c1-7(2)12(13(20)19-15(18)22)24-14(21)8(3)23-11-5-4-9(16)6-10(11)17/h4-8,12H,1-3H3,(H3,18,19,20,22)/t8-,12-/m1/s1. The van der Waals surface area contributed by atoms with Gasteiger partial charge in [0.15, 0.2) is 12.2 Å². The Balaban J connectivity index is 2.76. The molecule has 0 aliphatic carbocycles. The smallest absolute Gasteiger partial charge is 0.347 e. The average molecular weight is 377 g/mol. The Morgan fingerprint density at radius 1 is 1.17 bits per heavy atom. The molecular formula is C15H18Cl2N2O5. The van der Waals surface area contributed by atoms with Crippen LogP contribution < -0.4 is 15.8 Å². The molecule has 0 radical (unpaired) electrons. The lowest BCUT2D eigenvalue weighted by Gasteiger charge is -2.22. The lowest BCUT2D eigenvalue weighted by Crippen LogP contribution is -2.46. The molecule has 132 valence electrons. The molecule has 9 heteroatoms. The predicted octanol–water partition coefficient (Wildman–Crippen LogP) is 2.52. The van der Waals surface area contributed by atoms with E-state index in [0.29, 0.717) is 5.02 Å². The summed E-state index contributed by atoms with van der Waals surface area (Å²) in [7, 11) is 0. The van der Waals surface area contributed by atoms with Gasteiger partial charge < -0.3 is 15.2 Å². The molecule has 0 aliphatic rings. The number of imide groups is 1. The number of amides is 3. The van der Waals surface area contributed by atoms with Crippen LogP contribution in [0.3, 0.4) is 0 Å². The van der Waals surface area contributed by atoms with E-state index < -0.39 is 30.1 Å². The zero-order valence-electron chi connectivity index (χ0n) is 13.3. The van der Waals surface area contributed by atoms with Gasteiger partial charge in [-0.15, -0.1) is 0 Å². The van der Waals surface area contributed by atoms with Gasteiger partial charge in [-0.3, -0.25) is 10.1 Å². The summed E-state index contributed by atoms with van der Waals surface area (Å²) in [6.07, 6.45) is -2.22. The fourth-order valence-electron chi connectivity index (χ4n) is 1.72. The number of rotatable bonds is 6. The molecule has 0 spiro atoms. The number of nitrogens with one attached hydrogen (secondary N) is 1. The van der Waals surface area contributed by atoms with Gasteiger partial charge in [-0.25, -0.2) is 9.59 Å². The Hall–Kier alpha value is -1.99. The van der Waals surface area contributed by atoms with E-state index in [1.54, 1.807) is 19.9 Å². The van der Waals surface area contributed by atoms with Crippen molar-refractivity contribution in [2.45, 2.75) is 33.0 Å². The van der Waals surface area contributed by atoms with E-state index in [1.807, 2.05) is 5.32 Å². The molecular weight excluding hydrogens is 359 g/mol. The van der Waals surface area contributed by atoms with Gasteiger partial charge in [-0.2, -0.15) is 0 Å². The molecule has 3 N–H and O–H groups in total. The zero-order valence-corrected chi connectivity index (χ0v) is 14.9. The first-order valence-electron chi connectivity index (χ1n) is 7.04. The van der Waals surface area contributed by atoms with Crippen LogP contribution in [0, 0.1) is 5.92 Å². The van der Waals surface area contributed by atoms with Crippen molar-refractivity contribution >= 4 is 41.1 Å². The van der Waals surface area contributed by atoms with E-state index in [1.165, 1.54) is 19.1 Å². The highest BCUT2D eigenvalue weighted by atomic mass is 35.5. The number of urea groups is 1. The van der Waals surface area contributed by atoms with E-state index in [9.17, 15) is 14.4 Å². The first-order valence-corrected chi connectivity index (χ1v) is 7.80. The Bertz CT molecular complexity index is 636. The average Bonchev–Trinajstić information content (AvgIpc) is 2.45. The minimum absolute atomic E-state index is 0.231. The van der Waals surface area contributed by atoms with Crippen molar-refractivity contribution in [3.8, 4) is 5.75 Å². The van der Waals surface area contributed by atoms with E-state index in [4.69, 9.17) is 38.4 Å². The second-order valence-electron chi connectivity index (χ2n) is 5.29. The van der Waals surface area contributed by atoms with Crippen LogP contribution in [-0.4, -0.2) is 30.1 Å². The molecule has 0 aliphatic heterocycles. The Labute approximate surface area is 149 Å². The molecule has 7 nitrogen and oxygen atoms in total. The molecule has 0 fully saturated rings. The summed E-state index contributed by atoms with van der Waals surface area (Å²) in [6, 6.07) is 3.50. The predicted molar refractivity (Wildman–Crippen MR) is 89.0 cm³/mol. The minimum atomic E-state index is -1.18. The number of carbonyl (C=O) groups is 3. The molecule has 0 saturated carbocycles. The molecule has 24 heavy (non-hydrogen) atoms. The zero-order chi connectivity index (χ0) is 18.4. The van der Waals surface area contributed by atoms with Gasteiger partial charge in [0.1, 0.15) is 5.75 Å². The van der Waals surface area contributed by atoms with Crippen LogP contribution in [-0.2, 0) is 14.3 Å². The van der Waals surface area contributed by atoms with Gasteiger partial charge in [0.05, 0.1) is 5.02 Å². The quantitative estimate of drug-likeness (QED) is 0.741. The number of nitrogens with two attached hydrogens (primary N) is 1. The largest absolute Gasteiger partial charge is 0.477 e. The van der Waals surface area contributed by atoms with Crippen molar-refractivity contribution in [3.63, 3.8) is 0 Å². The normalized spacial score (nSPS) is 13.1. The number of benzene rings is 1. The van der Waals surface area contributed by atoms with E-state index in [-0.39, 0.29) is 16.7 Å². The molecule has 1 rings (SSSR count). The van der Waals surface area contributed by atoms with Gasteiger partial charge in [0.25, 0.3) is 5.91 Å². The summed E-state index contributed by atoms with van der Waals surface area (Å²) in [5, 5.41) is 2.53. The highest BCUT2D eigenvalue weighted by molar-refractivity contribution is 6.35. The van der Waals surface area contributed by atoms with Crippen molar-refractivity contribution in [1.29, 1.82) is 0 Å². The number of carbonyl (C=O) groups excluding carboxylic acids is 3. The summed E-state index contributed by atoms with van der Waals surface area (Å²) < 4.78 is 10.5. The Morgan fingerprint density at radius 2 is 1.79 bits per heavy atom. The summed E-state index contributed by atoms with van der Waals surface area (Å²) in [5.74, 6) is -1.73. The second kappa shape index (κ2) is 8.75. The number of halogens is 2. The summed E-state index contributed by atoms with van der Waals surface area (Å²) in [5.41, 5.74) is 4.89. The molecule has 1 aromatic rings. The summed E-state index contributed by atoms with van der Waals surface area (Å²) >= 11 is 11.7. The van der Waals surface area contributed by atoms with Crippen molar-refractivity contribution in [2.24, 2.45) is 11.7 Å². The lowest BCUT2D eigenvalue weighted by molar-refractivity contribution is -0.164. The fourth-order valence-corrected chi connectivity index (χ4v) is 2.17. The van der Waals surface area contributed by atoms with Gasteiger partial charge in [-0.1, -0.05) is 37.0 Å². The molecule has 0 heterocycles. The Kier molecular flexibility index (Phi) is 7.31. The molecule has 3 amide bonds. The van der Waals surface area contributed by atoms with Gasteiger partial charge in [-0.05, 0) is 31.0 Å². The number of hydrogen-bond donors (Lipinski definition) is 2. The molecule has 0 saturated heterocycles. The first kappa shape index (κ1) is 20.1. The second-order valence-corrected chi connectivity index (χ2v) is 6.13. The number of primary amides is 1. The molecule has 0 unspecified atom stereocenters. The lowest BCUT2D eigenvalue weighted by atomic mass is 10.1. The highest BCUT2D eigenvalue weighted by Gasteiger charge is 2.30. The number of ether oxygens (including phenoxy) is 2. The third-order valence-electron chi connectivity index (χ3n) is 2.88. The van der Waals surface area contributed by atoms with Crippen molar-refractivity contribution in [1.82, 2.24) is 5.32 Å². The molecule has 1 aromatic carbocycles. The minimum Gasteiger partial charge on any atom is -0.477 e. The molecule has 0 aromatic heterocycles. The maximum atomic E-state index is 12.1. The van der Waals surface area contributed by atoms with Crippen LogP contribution in [0.15, 0.2) is 18.2 Å².